The van der Waals surface area contributed by atoms with E-state index in [-0.39, 0.29) is 5.41 Å². The monoisotopic (exact) mass is 242 g/mol. The third-order valence-electron chi connectivity index (χ3n) is 4.98. The number of hydrogen-bond donors (Lipinski definition) is 1. The van der Waals surface area contributed by atoms with E-state index in [1.807, 2.05) is 0 Å². The summed E-state index contributed by atoms with van der Waals surface area (Å²) in [5.74, 6) is 1.26. The molecule has 1 saturated carbocycles. The van der Waals surface area contributed by atoms with Gasteiger partial charge in [-0.3, -0.25) is 0 Å². The molecule has 0 aromatic carbocycles. The highest BCUT2D eigenvalue weighted by Gasteiger charge is 2.41. The van der Waals surface area contributed by atoms with Crippen molar-refractivity contribution in [2.24, 2.45) is 22.7 Å². The summed E-state index contributed by atoms with van der Waals surface area (Å²) in [5, 5.41) is 9.77. The summed E-state index contributed by atoms with van der Waals surface area (Å²) in [6.07, 6.45) is 4.79. The lowest BCUT2D eigenvalue weighted by molar-refractivity contribution is -0.0285. The molecule has 102 valence electrons. The topological polar surface area (TPSA) is 29.5 Å². The van der Waals surface area contributed by atoms with Gasteiger partial charge < -0.3 is 9.84 Å². The Morgan fingerprint density at radius 1 is 1.29 bits per heavy atom. The molecule has 0 saturated heterocycles. The molecule has 2 heteroatoms. The average Bonchev–Trinajstić information content (AvgIpc) is 2.28. The molecule has 0 bridgehead atoms. The highest BCUT2D eigenvalue weighted by Crippen LogP contribution is 2.48. The second-order valence-electron chi connectivity index (χ2n) is 7.02. The largest absolute Gasteiger partial charge is 0.396 e. The van der Waals surface area contributed by atoms with E-state index in [2.05, 4.69) is 27.7 Å². The van der Waals surface area contributed by atoms with Gasteiger partial charge in [0, 0.05) is 20.3 Å². The second kappa shape index (κ2) is 5.71. The third kappa shape index (κ3) is 3.45. The first-order valence-electron chi connectivity index (χ1n) is 6.95. The van der Waals surface area contributed by atoms with Crippen molar-refractivity contribution in [1.82, 2.24) is 0 Å². The smallest absolute Gasteiger partial charge is 0.0494 e. The Bertz CT molecular complexity index is 222. The van der Waals surface area contributed by atoms with Crippen LogP contribution in [0.2, 0.25) is 0 Å². The number of methoxy groups -OCH3 is 1. The lowest BCUT2D eigenvalue weighted by Crippen LogP contribution is -2.41. The summed E-state index contributed by atoms with van der Waals surface area (Å²) in [6.45, 7) is 10.3. The quantitative estimate of drug-likeness (QED) is 0.818. The molecule has 1 rings (SSSR count). The van der Waals surface area contributed by atoms with Gasteiger partial charge in [0.25, 0.3) is 0 Å². The van der Waals surface area contributed by atoms with E-state index in [0.717, 1.165) is 25.4 Å². The Labute approximate surface area is 107 Å². The van der Waals surface area contributed by atoms with E-state index in [1.54, 1.807) is 7.11 Å². The summed E-state index contributed by atoms with van der Waals surface area (Å²) >= 11 is 0. The van der Waals surface area contributed by atoms with Crippen molar-refractivity contribution in [2.45, 2.75) is 53.4 Å². The van der Waals surface area contributed by atoms with Crippen LogP contribution in [0.25, 0.3) is 0 Å². The number of ether oxygens (including phenoxy) is 1. The molecule has 0 aliphatic heterocycles. The third-order valence-corrected chi connectivity index (χ3v) is 4.98. The predicted molar refractivity (Wildman–Crippen MR) is 72.0 cm³/mol. The molecule has 0 aromatic rings. The van der Waals surface area contributed by atoms with Crippen LogP contribution < -0.4 is 0 Å². The summed E-state index contributed by atoms with van der Waals surface area (Å²) < 4.78 is 5.27. The van der Waals surface area contributed by atoms with Crippen molar-refractivity contribution < 1.29 is 9.84 Å². The van der Waals surface area contributed by atoms with Crippen LogP contribution in [0.3, 0.4) is 0 Å². The van der Waals surface area contributed by atoms with Crippen molar-refractivity contribution in [3.8, 4) is 0 Å². The second-order valence-corrected chi connectivity index (χ2v) is 7.02. The van der Waals surface area contributed by atoms with Crippen LogP contribution in [0.5, 0.6) is 0 Å². The van der Waals surface area contributed by atoms with Crippen molar-refractivity contribution in [3.05, 3.63) is 0 Å². The van der Waals surface area contributed by atoms with Gasteiger partial charge in [0.15, 0.2) is 0 Å². The van der Waals surface area contributed by atoms with Crippen molar-refractivity contribution >= 4 is 0 Å². The van der Waals surface area contributed by atoms with Gasteiger partial charge in [0.1, 0.15) is 0 Å². The maximum atomic E-state index is 9.77. The standard InChI is InChI=1S/C15H30O2/c1-12(10-17-5)15(11-16)8-6-13(7-9-15)14(2,3)4/h12-13,16H,6-11H2,1-5H3. The molecule has 1 atom stereocenters. The Morgan fingerprint density at radius 3 is 2.18 bits per heavy atom. The molecule has 1 unspecified atom stereocenters. The van der Waals surface area contributed by atoms with E-state index in [0.29, 0.717) is 17.9 Å². The molecular weight excluding hydrogens is 212 g/mol. The highest BCUT2D eigenvalue weighted by molar-refractivity contribution is 4.91. The Kier molecular flexibility index (Phi) is 5.03. The lowest BCUT2D eigenvalue weighted by Gasteiger charge is -2.46. The first-order chi connectivity index (χ1) is 7.85. The maximum absolute atomic E-state index is 9.77. The van der Waals surface area contributed by atoms with Crippen LogP contribution in [0.4, 0.5) is 0 Å². The summed E-state index contributed by atoms with van der Waals surface area (Å²) in [6, 6.07) is 0. The van der Waals surface area contributed by atoms with Gasteiger partial charge in [-0.15, -0.1) is 0 Å². The van der Waals surface area contributed by atoms with Gasteiger partial charge in [0.05, 0.1) is 0 Å². The summed E-state index contributed by atoms with van der Waals surface area (Å²) in [5.41, 5.74) is 0.518. The van der Waals surface area contributed by atoms with E-state index in [1.165, 1.54) is 12.8 Å². The fourth-order valence-corrected chi connectivity index (χ4v) is 3.29. The van der Waals surface area contributed by atoms with Crippen LogP contribution >= 0.6 is 0 Å². The van der Waals surface area contributed by atoms with E-state index >= 15 is 0 Å². The van der Waals surface area contributed by atoms with Crippen LogP contribution in [0.15, 0.2) is 0 Å². The zero-order chi connectivity index (χ0) is 13.1. The zero-order valence-electron chi connectivity index (χ0n) is 12.3. The average molecular weight is 242 g/mol. The molecule has 0 aromatic heterocycles. The van der Waals surface area contributed by atoms with Gasteiger partial charge in [-0.05, 0) is 48.3 Å². The minimum atomic E-state index is 0.109. The van der Waals surface area contributed by atoms with Crippen molar-refractivity contribution in [1.29, 1.82) is 0 Å². The Balaban J connectivity index is 2.63. The van der Waals surface area contributed by atoms with E-state index in [9.17, 15) is 5.11 Å². The van der Waals surface area contributed by atoms with Gasteiger partial charge in [-0.2, -0.15) is 0 Å². The number of hydrogen-bond acceptors (Lipinski definition) is 2. The number of aliphatic hydroxyl groups excluding tert-OH is 1. The summed E-state index contributed by atoms with van der Waals surface area (Å²) in [4.78, 5) is 0. The minimum absolute atomic E-state index is 0.109. The number of aliphatic hydroxyl groups is 1. The number of rotatable bonds is 4. The molecule has 0 spiro atoms. The lowest BCUT2D eigenvalue weighted by atomic mass is 9.60. The van der Waals surface area contributed by atoms with Gasteiger partial charge in [-0.25, -0.2) is 0 Å². The van der Waals surface area contributed by atoms with Crippen molar-refractivity contribution in [3.63, 3.8) is 0 Å². The first-order valence-corrected chi connectivity index (χ1v) is 6.95. The highest BCUT2D eigenvalue weighted by atomic mass is 16.5. The first kappa shape index (κ1) is 15.0. The normalized spacial score (nSPS) is 32.5. The molecule has 2 nitrogen and oxygen atoms in total. The van der Waals surface area contributed by atoms with E-state index < -0.39 is 0 Å². The predicted octanol–water partition coefficient (Wildman–Crippen LogP) is 3.48. The van der Waals surface area contributed by atoms with Crippen LogP contribution in [-0.4, -0.2) is 25.4 Å². The molecule has 0 heterocycles. The zero-order valence-corrected chi connectivity index (χ0v) is 12.3. The van der Waals surface area contributed by atoms with Gasteiger partial charge >= 0.3 is 0 Å². The summed E-state index contributed by atoms with van der Waals surface area (Å²) in [7, 11) is 1.75. The maximum Gasteiger partial charge on any atom is 0.0494 e. The fourth-order valence-electron chi connectivity index (χ4n) is 3.29. The minimum Gasteiger partial charge on any atom is -0.396 e. The fraction of sp³-hybridized carbons (Fsp3) is 1.00. The van der Waals surface area contributed by atoms with Crippen molar-refractivity contribution in [2.75, 3.05) is 20.3 Å². The molecule has 0 amide bonds. The van der Waals surface area contributed by atoms with E-state index in [4.69, 9.17) is 4.74 Å². The van der Waals surface area contributed by atoms with Gasteiger partial charge in [0.2, 0.25) is 0 Å². The van der Waals surface area contributed by atoms with Gasteiger partial charge in [-0.1, -0.05) is 27.7 Å². The Hall–Kier alpha value is -0.0800. The van der Waals surface area contributed by atoms with Crippen LogP contribution in [0.1, 0.15) is 53.4 Å². The molecule has 1 aliphatic carbocycles. The molecular formula is C15H30O2. The molecule has 1 fully saturated rings. The van der Waals surface area contributed by atoms with Crippen LogP contribution in [-0.2, 0) is 4.74 Å². The molecule has 0 radical (unpaired) electrons. The van der Waals surface area contributed by atoms with Crippen LogP contribution in [0, 0.1) is 22.7 Å². The Morgan fingerprint density at radius 2 is 1.82 bits per heavy atom. The molecule has 17 heavy (non-hydrogen) atoms. The SMILES string of the molecule is COCC(C)C1(CO)CCC(C(C)(C)C)CC1. The molecule has 1 N–H and O–H groups in total. The molecule has 1 aliphatic rings.